The standard InChI is InChI=1S/C7H17NO3S2/c1-8-6-4-2-3-5-7-12-13(9,10)11/h8H,2-7H2,1H3,(H-,9,10,11)/p+1. The SMILES string of the molecule is CNCCCCCC[S+]=S(=O)(O)O. The van der Waals surface area contributed by atoms with Gasteiger partial charge in [0, 0.05) is 6.42 Å². The van der Waals surface area contributed by atoms with Gasteiger partial charge in [-0.05, 0) is 26.4 Å². The topological polar surface area (TPSA) is 69.6 Å². The summed E-state index contributed by atoms with van der Waals surface area (Å²) in [5.41, 5.74) is 0. The molecule has 0 heterocycles. The lowest BCUT2D eigenvalue weighted by Gasteiger charge is -1.95. The summed E-state index contributed by atoms with van der Waals surface area (Å²) in [5.74, 6) is 0.547. The average molecular weight is 228 g/mol. The van der Waals surface area contributed by atoms with Gasteiger partial charge < -0.3 is 5.32 Å². The highest BCUT2D eigenvalue weighted by Gasteiger charge is 2.08. The van der Waals surface area contributed by atoms with Crippen molar-refractivity contribution >= 4 is 19.4 Å². The molecule has 80 valence electrons. The summed E-state index contributed by atoms with van der Waals surface area (Å²) in [6.45, 7) is 1.02. The molecule has 0 bridgehead atoms. The Morgan fingerprint density at radius 3 is 2.38 bits per heavy atom. The zero-order valence-electron chi connectivity index (χ0n) is 7.86. The molecule has 0 saturated heterocycles. The van der Waals surface area contributed by atoms with Crippen molar-refractivity contribution in [3.8, 4) is 0 Å². The molecule has 0 aromatic carbocycles. The Balaban J connectivity index is 3.23. The third-order valence-electron chi connectivity index (χ3n) is 1.56. The van der Waals surface area contributed by atoms with Crippen molar-refractivity contribution in [3.05, 3.63) is 0 Å². The molecular formula is C7H18NO3S2+. The second-order valence-electron chi connectivity index (χ2n) is 2.79. The van der Waals surface area contributed by atoms with Crippen LogP contribution in [0.2, 0.25) is 0 Å². The van der Waals surface area contributed by atoms with E-state index >= 15 is 0 Å². The molecule has 0 aliphatic heterocycles. The van der Waals surface area contributed by atoms with Crippen LogP contribution >= 0.6 is 0 Å². The van der Waals surface area contributed by atoms with Crippen LogP contribution in [0.3, 0.4) is 0 Å². The molecule has 0 fully saturated rings. The second kappa shape index (κ2) is 7.64. The first-order valence-corrected chi connectivity index (χ1v) is 7.32. The Hall–Kier alpha value is 0.250. The Bertz CT molecular complexity index is 216. The van der Waals surface area contributed by atoms with Gasteiger partial charge in [-0.25, -0.2) is 0 Å². The maximum atomic E-state index is 10.4. The van der Waals surface area contributed by atoms with E-state index in [-0.39, 0.29) is 0 Å². The number of hydrogen-bond acceptors (Lipinski definition) is 2. The fraction of sp³-hybridized carbons (Fsp3) is 1.00. The minimum absolute atomic E-state index is 0.547. The van der Waals surface area contributed by atoms with Gasteiger partial charge in [0.2, 0.25) is 0 Å². The van der Waals surface area contributed by atoms with Crippen LogP contribution in [0.15, 0.2) is 0 Å². The summed E-state index contributed by atoms with van der Waals surface area (Å²) in [4.78, 5) is 0. The summed E-state index contributed by atoms with van der Waals surface area (Å²) >= 11 is 0. The molecule has 0 aliphatic rings. The molecule has 0 aliphatic carbocycles. The van der Waals surface area contributed by atoms with E-state index in [0.29, 0.717) is 5.75 Å². The smallest absolute Gasteiger partial charge is 0.320 e. The molecule has 6 heteroatoms. The lowest BCUT2D eigenvalue weighted by atomic mass is 10.2. The Labute approximate surface area is 83.4 Å². The fourth-order valence-corrected chi connectivity index (χ4v) is 2.47. The van der Waals surface area contributed by atoms with E-state index in [0.717, 1.165) is 42.5 Å². The number of nitrogens with one attached hydrogen (secondary N) is 1. The van der Waals surface area contributed by atoms with Crippen molar-refractivity contribution in [2.75, 3.05) is 19.3 Å². The molecule has 3 N–H and O–H groups in total. The normalized spacial score (nSPS) is 11.6. The Kier molecular flexibility index (Phi) is 7.78. The first kappa shape index (κ1) is 13.2. The minimum atomic E-state index is -3.57. The molecule has 0 amide bonds. The molecule has 0 aromatic rings. The Morgan fingerprint density at radius 2 is 1.85 bits per heavy atom. The van der Waals surface area contributed by atoms with Crippen molar-refractivity contribution < 1.29 is 13.3 Å². The predicted octanol–water partition coefficient (Wildman–Crippen LogP) is 0.994. The fourth-order valence-electron chi connectivity index (χ4n) is 0.925. The van der Waals surface area contributed by atoms with Crippen LogP contribution in [0, 0.1) is 0 Å². The molecule has 0 aromatic heterocycles. The van der Waals surface area contributed by atoms with Crippen molar-refractivity contribution in [1.29, 1.82) is 0 Å². The first-order chi connectivity index (χ1) is 6.06. The van der Waals surface area contributed by atoms with Gasteiger partial charge in [-0.2, -0.15) is 4.21 Å². The van der Waals surface area contributed by atoms with E-state index < -0.39 is 9.05 Å². The van der Waals surface area contributed by atoms with Gasteiger partial charge in [0.15, 0.2) is 5.75 Å². The van der Waals surface area contributed by atoms with E-state index in [1.165, 1.54) is 0 Å². The molecule has 0 rings (SSSR count). The third kappa shape index (κ3) is 12.2. The van der Waals surface area contributed by atoms with Gasteiger partial charge in [-0.3, -0.25) is 9.11 Å². The number of hydrogen-bond donors (Lipinski definition) is 3. The summed E-state index contributed by atoms with van der Waals surface area (Å²) in [7, 11) is -0.927. The highest BCUT2D eigenvalue weighted by Crippen LogP contribution is 1.98. The monoisotopic (exact) mass is 228 g/mol. The summed E-state index contributed by atoms with van der Waals surface area (Å²) in [6.07, 6.45) is 4.19. The second-order valence-corrected chi connectivity index (χ2v) is 6.34. The zero-order chi connectivity index (χ0) is 10.2. The maximum absolute atomic E-state index is 10.4. The molecule has 0 unspecified atom stereocenters. The quantitative estimate of drug-likeness (QED) is 0.449. The van der Waals surface area contributed by atoms with Gasteiger partial charge in [-0.15, -0.1) is 0 Å². The third-order valence-corrected chi connectivity index (χ3v) is 3.74. The van der Waals surface area contributed by atoms with Gasteiger partial charge in [0.25, 0.3) is 10.3 Å². The van der Waals surface area contributed by atoms with E-state index in [1.54, 1.807) is 0 Å². The van der Waals surface area contributed by atoms with Gasteiger partial charge in [0.05, 0.1) is 0 Å². The number of rotatable bonds is 7. The van der Waals surface area contributed by atoms with Crippen molar-refractivity contribution in [2.24, 2.45) is 0 Å². The molecule has 13 heavy (non-hydrogen) atoms. The van der Waals surface area contributed by atoms with Crippen LogP contribution in [0.25, 0.3) is 0 Å². The molecule has 0 spiro atoms. The van der Waals surface area contributed by atoms with Crippen molar-refractivity contribution in [1.82, 2.24) is 5.32 Å². The summed E-state index contributed by atoms with van der Waals surface area (Å²) in [6, 6.07) is 0. The van der Waals surface area contributed by atoms with Crippen LogP contribution in [-0.2, 0) is 19.4 Å². The van der Waals surface area contributed by atoms with Crippen LogP contribution in [-0.4, -0.2) is 32.7 Å². The maximum Gasteiger partial charge on any atom is 0.430 e. The van der Waals surface area contributed by atoms with E-state index in [2.05, 4.69) is 5.32 Å². The molecular weight excluding hydrogens is 210 g/mol. The highest BCUT2D eigenvalue weighted by atomic mass is 32.9. The first-order valence-electron chi connectivity index (χ1n) is 4.34. The predicted molar refractivity (Wildman–Crippen MR) is 58.0 cm³/mol. The van der Waals surface area contributed by atoms with Crippen LogP contribution in [0.4, 0.5) is 0 Å². The molecule has 0 radical (unpaired) electrons. The van der Waals surface area contributed by atoms with Gasteiger partial charge >= 0.3 is 9.05 Å². The molecule has 4 nitrogen and oxygen atoms in total. The Morgan fingerprint density at radius 1 is 1.23 bits per heavy atom. The zero-order valence-corrected chi connectivity index (χ0v) is 9.49. The minimum Gasteiger partial charge on any atom is -0.320 e. The van der Waals surface area contributed by atoms with E-state index in [9.17, 15) is 4.21 Å². The average Bonchev–Trinajstić information content (AvgIpc) is 2.01. The summed E-state index contributed by atoms with van der Waals surface area (Å²) in [5, 5.41) is 3.05. The largest absolute Gasteiger partial charge is 0.430 e. The molecule has 0 atom stereocenters. The van der Waals surface area contributed by atoms with Crippen LogP contribution in [0.1, 0.15) is 25.7 Å². The lowest BCUT2D eigenvalue weighted by Crippen LogP contribution is -2.07. The van der Waals surface area contributed by atoms with Crippen LogP contribution < -0.4 is 5.32 Å². The molecule has 0 saturated carbocycles. The van der Waals surface area contributed by atoms with Crippen molar-refractivity contribution in [3.63, 3.8) is 0 Å². The summed E-state index contributed by atoms with van der Waals surface area (Å²) < 4.78 is 27.4. The van der Waals surface area contributed by atoms with Crippen LogP contribution in [0.5, 0.6) is 0 Å². The van der Waals surface area contributed by atoms with E-state index in [1.807, 2.05) is 7.05 Å². The van der Waals surface area contributed by atoms with E-state index in [4.69, 9.17) is 9.11 Å². The number of unbranched alkanes of at least 4 members (excludes halogenated alkanes) is 3. The van der Waals surface area contributed by atoms with Crippen molar-refractivity contribution in [2.45, 2.75) is 25.7 Å². The van der Waals surface area contributed by atoms with Gasteiger partial charge in [0.1, 0.15) is 0 Å². The lowest BCUT2D eigenvalue weighted by molar-refractivity contribution is 0.450. The van der Waals surface area contributed by atoms with Gasteiger partial charge in [-0.1, -0.05) is 6.42 Å². The highest BCUT2D eigenvalue weighted by molar-refractivity contribution is 8.34.